The van der Waals surface area contributed by atoms with E-state index in [-0.39, 0.29) is 11.7 Å². The van der Waals surface area contributed by atoms with E-state index >= 15 is 0 Å². The van der Waals surface area contributed by atoms with E-state index in [2.05, 4.69) is 20.9 Å². The standard InChI is InChI=1S/C21H25FN4O2/c1-23-19(27)21(11-3-2-4-12-21)26-20(28)25-18(16-9-13-24-14-10-16)15-5-7-17(22)8-6-15/h5-10,13-14,18H,2-4,11-12H2,1H3,(H,23,27)(H2,25,26,28)/t18-/m0/s1. The fourth-order valence-corrected chi connectivity index (χ4v) is 3.76. The van der Waals surface area contributed by atoms with Crippen molar-refractivity contribution in [2.24, 2.45) is 0 Å². The van der Waals surface area contributed by atoms with Crippen LogP contribution >= 0.6 is 0 Å². The number of likely N-dealkylation sites (N-methyl/N-ethyl adjacent to an activating group) is 1. The number of nitrogens with zero attached hydrogens (tertiary/aromatic N) is 1. The van der Waals surface area contributed by atoms with Crippen molar-refractivity contribution in [1.29, 1.82) is 0 Å². The summed E-state index contributed by atoms with van der Waals surface area (Å²) in [5.74, 6) is -0.521. The van der Waals surface area contributed by atoms with Crippen molar-refractivity contribution in [3.05, 3.63) is 65.7 Å². The van der Waals surface area contributed by atoms with E-state index in [1.165, 1.54) is 12.1 Å². The summed E-state index contributed by atoms with van der Waals surface area (Å²) in [6.45, 7) is 0. The fourth-order valence-electron chi connectivity index (χ4n) is 3.76. The van der Waals surface area contributed by atoms with Crippen molar-refractivity contribution >= 4 is 11.9 Å². The number of benzene rings is 1. The van der Waals surface area contributed by atoms with Crippen LogP contribution in [0.15, 0.2) is 48.8 Å². The molecule has 1 aliphatic rings. The van der Waals surface area contributed by atoms with Gasteiger partial charge in [-0.3, -0.25) is 9.78 Å². The first-order valence-corrected chi connectivity index (χ1v) is 9.50. The van der Waals surface area contributed by atoms with Crippen LogP contribution < -0.4 is 16.0 Å². The number of amides is 3. The molecule has 3 rings (SSSR count). The van der Waals surface area contributed by atoms with Crippen molar-refractivity contribution in [1.82, 2.24) is 20.9 Å². The summed E-state index contributed by atoms with van der Waals surface area (Å²) in [6.07, 6.45) is 7.32. The number of halogens is 1. The predicted molar refractivity (Wildman–Crippen MR) is 104 cm³/mol. The number of aromatic nitrogens is 1. The van der Waals surface area contributed by atoms with Gasteiger partial charge in [0.15, 0.2) is 0 Å². The van der Waals surface area contributed by atoms with Crippen LogP contribution in [0.5, 0.6) is 0 Å². The van der Waals surface area contributed by atoms with Crippen LogP contribution in [-0.4, -0.2) is 29.5 Å². The molecular weight excluding hydrogens is 359 g/mol. The Kier molecular flexibility index (Phi) is 6.23. The maximum Gasteiger partial charge on any atom is 0.316 e. The van der Waals surface area contributed by atoms with E-state index in [0.29, 0.717) is 12.8 Å². The van der Waals surface area contributed by atoms with E-state index in [1.54, 1.807) is 43.7 Å². The molecule has 0 saturated heterocycles. The van der Waals surface area contributed by atoms with Gasteiger partial charge in [-0.1, -0.05) is 31.4 Å². The Balaban J connectivity index is 1.82. The van der Waals surface area contributed by atoms with Gasteiger partial charge in [0, 0.05) is 19.4 Å². The number of carbonyl (C=O) groups is 2. The van der Waals surface area contributed by atoms with E-state index < -0.39 is 17.6 Å². The lowest BCUT2D eigenvalue weighted by molar-refractivity contribution is -0.128. The number of pyridine rings is 1. The molecule has 0 aliphatic heterocycles. The summed E-state index contributed by atoms with van der Waals surface area (Å²) in [7, 11) is 1.58. The molecule has 1 aromatic heterocycles. The molecule has 1 saturated carbocycles. The maximum absolute atomic E-state index is 13.3. The first-order chi connectivity index (χ1) is 13.5. The average Bonchev–Trinajstić information content (AvgIpc) is 2.73. The third-order valence-electron chi connectivity index (χ3n) is 5.24. The predicted octanol–water partition coefficient (Wildman–Crippen LogP) is 3.06. The molecule has 2 aromatic rings. The molecule has 0 spiro atoms. The lowest BCUT2D eigenvalue weighted by Crippen LogP contribution is -2.61. The van der Waals surface area contributed by atoms with Crippen molar-refractivity contribution in [2.45, 2.75) is 43.7 Å². The maximum atomic E-state index is 13.3. The van der Waals surface area contributed by atoms with E-state index in [9.17, 15) is 14.0 Å². The number of hydrogen-bond donors (Lipinski definition) is 3. The molecule has 0 radical (unpaired) electrons. The third kappa shape index (κ3) is 4.47. The van der Waals surface area contributed by atoms with E-state index in [1.807, 2.05) is 0 Å². The third-order valence-corrected chi connectivity index (χ3v) is 5.24. The quantitative estimate of drug-likeness (QED) is 0.741. The number of hydrogen-bond acceptors (Lipinski definition) is 3. The Morgan fingerprint density at radius 3 is 2.21 bits per heavy atom. The highest BCUT2D eigenvalue weighted by molar-refractivity contribution is 5.91. The fraction of sp³-hybridized carbons (Fsp3) is 0.381. The second-order valence-corrected chi connectivity index (χ2v) is 7.09. The smallest absolute Gasteiger partial charge is 0.316 e. The van der Waals surface area contributed by atoms with Crippen molar-refractivity contribution < 1.29 is 14.0 Å². The molecule has 1 atom stereocenters. The highest BCUT2D eigenvalue weighted by atomic mass is 19.1. The van der Waals surface area contributed by atoms with Crippen molar-refractivity contribution in [3.63, 3.8) is 0 Å². The topological polar surface area (TPSA) is 83.1 Å². The Bertz CT molecular complexity index is 805. The van der Waals surface area contributed by atoms with Gasteiger partial charge < -0.3 is 16.0 Å². The monoisotopic (exact) mass is 384 g/mol. The van der Waals surface area contributed by atoms with Crippen LogP contribution in [0.3, 0.4) is 0 Å². The van der Waals surface area contributed by atoms with Gasteiger partial charge in [0.1, 0.15) is 11.4 Å². The molecule has 1 heterocycles. The van der Waals surface area contributed by atoms with Crippen molar-refractivity contribution in [3.8, 4) is 0 Å². The molecule has 0 bridgehead atoms. The number of urea groups is 1. The minimum atomic E-state index is -0.900. The zero-order valence-corrected chi connectivity index (χ0v) is 15.9. The van der Waals surface area contributed by atoms with Crippen LogP contribution in [-0.2, 0) is 4.79 Å². The molecule has 6 nitrogen and oxygen atoms in total. The Hall–Kier alpha value is -2.96. The minimum absolute atomic E-state index is 0.176. The lowest BCUT2D eigenvalue weighted by atomic mass is 9.81. The Morgan fingerprint density at radius 2 is 1.61 bits per heavy atom. The summed E-state index contributed by atoms with van der Waals surface area (Å²) < 4.78 is 13.3. The second kappa shape index (κ2) is 8.82. The highest BCUT2D eigenvalue weighted by Gasteiger charge is 2.40. The number of nitrogens with one attached hydrogen (secondary N) is 3. The summed E-state index contributed by atoms with van der Waals surface area (Å²) >= 11 is 0. The molecule has 28 heavy (non-hydrogen) atoms. The minimum Gasteiger partial charge on any atom is -0.357 e. The number of carbonyl (C=O) groups excluding carboxylic acids is 2. The average molecular weight is 384 g/mol. The SMILES string of the molecule is CNC(=O)C1(NC(=O)N[C@H](c2ccncc2)c2ccc(F)cc2)CCCCC1. The van der Waals surface area contributed by atoms with Crippen LogP contribution in [0.25, 0.3) is 0 Å². The van der Waals surface area contributed by atoms with Gasteiger partial charge in [0.2, 0.25) is 5.91 Å². The van der Waals surface area contributed by atoms with Gasteiger partial charge in [0.25, 0.3) is 0 Å². The molecule has 1 aliphatic carbocycles. The van der Waals surface area contributed by atoms with Gasteiger partial charge >= 0.3 is 6.03 Å². The van der Waals surface area contributed by atoms with Crippen LogP contribution in [0, 0.1) is 5.82 Å². The lowest BCUT2D eigenvalue weighted by Gasteiger charge is -2.36. The summed E-state index contributed by atoms with van der Waals surface area (Å²) in [5, 5.41) is 8.52. The zero-order valence-electron chi connectivity index (χ0n) is 15.9. The van der Waals surface area contributed by atoms with Gasteiger partial charge in [-0.15, -0.1) is 0 Å². The zero-order chi connectivity index (χ0) is 20.0. The number of rotatable bonds is 5. The van der Waals surface area contributed by atoms with E-state index in [4.69, 9.17) is 0 Å². The normalized spacial score (nSPS) is 16.6. The molecule has 7 heteroatoms. The van der Waals surface area contributed by atoms with E-state index in [0.717, 1.165) is 30.4 Å². The highest BCUT2D eigenvalue weighted by Crippen LogP contribution is 2.29. The Labute approximate surface area is 163 Å². The van der Waals surface area contributed by atoms with Crippen molar-refractivity contribution in [2.75, 3.05) is 7.05 Å². The van der Waals surface area contributed by atoms with Gasteiger partial charge in [-0.2, -0.15) is 0 Å². The molecule has 148 valence electrons. The first-order valence-electron chi connectivity index (χ1n) is 9.50. The van der Waals surface area contributed by atoms with Crippen LogP contribution in [0.2, 0.25) is 0 Å². The largest absolute Gasteiger partial charge is 0.357 e. The summed E-state index contributed by atoms with van der Waals surface area (Å²) in [5.41, 5.74) is 0.651. The molecule has 1 aromatic carbocycles. The summed E-state index contributed by atoms with van der Waals surface area (Å²) in [6, 6.07) is 8.65. The first kappa shape index (κ1) is 19.8. The summed E-state index contributed by atoms with van der Waals surface area (Å²) in [4.78, 5) is 29.4. The Morgan fingerprint density at radius 1 is 1.00 bits per heavy atom. The van der Waals surface area contributed by atoms with Gasteiger partial charge in [0.05, 0.1) is 6.04 Å². The van der Waals surface area contributed by atoms with Gasteiger partial charge in [-0.25, -0.2) is 9.18 Å². The molecule has 3 amide bonds. The molecule has 0 unspecified atom stereocenters. The molecule has 1 fully saturated rings. The second-order valence-electron chi connectivity index (χ2n) is 7.09. The molecule has 3 N–H and O–H groups in total. The van der Waals surface area contributed by atoms with Crippen LogP contribution in [0.4, 0.5) is 9.18 Å². The van der Waals surface area contributed by atoms with Crippen LogP contribution in [0.1, 0.15) is 49.3 Å². The van der Waals surface area contributed by atoms with Gasteiger partial charge in [-0.05, 0) is 48.2 Å². The molecular formula is C21H25FN4O2.